The first-order chi connectivity index (χ1) is 9.79. The molecule has 2 N–H and O–H groups in total. The van der Waals surface area contributed by atoms with Gasteiger partial charge in [0.25, 0.3) is 0 Å². The van der Waals surface area contributed by atoms with E-state index in [0.29, 0.717) is 0 Å². The van der Waals surface area contributed by atoms with Crippen molar-refractivity contribution < 1.29 is 0 Å². The number of nitrogens with two attached hydrogens (primary N) is 1. The topological polar surface area (TPSA) is 69.6 Å². The molecule has 3 aromatic rings. The molecule has 3 rings (SSSR count). The predicted molar refractivity (Wildman–Crippen MR) is 78.1 cm³/mol. The van der Waals surface area contributed by atoms with Gasteiger partial charge in [-0.15, -0.1) is 0 Å². The molecule has 5 nitrogen and oxygen atoms in total. The number of hydrogen-bond donors (Lipinski definition) is 1. The van der Waals surface area contributed by atoms with E-state index in [-0.39, 0.29) is 6.04 Å². The van der Waals surface area contributed by atoms with Crippen molar-refractivity contribution in [1.29, 1.82) is 0 Å². The molecule has 0 spiro atoms. The van der Waals surface area contributed by atoms with Crippen LogP contribution >= 0.6 is 0 Å². The molecular formula is C15H17N5. The normalized spacial score (nSPS) is 12.7. The summed E-state index contributed by atoms with van der Waals surface area (Å²) < 4.78 is 1.93. The first-order valence-electron chi connectivity index (χ1n) is 6.78. The van der Waals surface area contributed by atoms with E-state index in [2.05, 4.69) is 22.0 Å². The van der Waals surface area contributed by atoms with Crippen molar-refractivity contribution in [2.75, 3.05) is 0 Å². The Hall–Kier alpha value is -2.27. The van der Waals surface area contributed by atoms with Gasteiger partial charge in [-0.05, 0) is 24.6 Å². The Morgan fingerprint density at radius 1 is 1.20 bits per heavy atom. The molecule has 0 amide bonds. The molecule has 20 heavy (non-hydrogen) atoms. The Kier molecular flexibility index (Phi) is 3.43. The van der Waals surface area contributed by atoms with Crippen LogP contribution in [0.15, 0.2) is 42.7 Å². The summed E-state index contributed by atoms with van der Waals surface area (Å²) in [6.07, 6.45) is 4.54. The summed E-state index contributed by atoms with van der Waals surface area (Å²) in [6, 6.07) is 9.43. The highest BCUT2D eigenvalue weighted by Gasteiger charge is 2.15. The highest BCUT2D eigenvalue weighted by atomic mass is 15.3. The Balaban J connectivity index is 1.99. The van der Waals surface area contributed by atoms with Gasteiger partial charge >= 0.3 is 0 Å². The fraction of sp³-hybridized carbons (Fsp3) is 0.267. The highest BCUT2D eigenvalue weighted by Crippen LogP contribution is 2.19. The predicted octanol–water partition coefficient (Wildman–Crippen LogP) is 2.28. The van der Waals surface area contributed by atoms with E-state index in [1.54, 1.807) is 12.4 Å². The zero-order chi connectivity index (χ0) is 13.9. The van der Waals surface area contributed by atoms with Crippen LogP contribution in [0.25, 0.3) is 11.0 Å². The molecule has 1 unspecified atom stereocenters. The number of para-hydroxylation sites is 2. The van der Waals surface area contributed by atoms with Gasteiger partial charge in [0, 0.05) is 12.7 Å². The number of rotatable bonds is 4. The van der Waals surface area contributed by atoms with Gasteiger partial charge in [-0.3, -0.25) is 9.67 Å². The van der Waals surface area contributed by atoms with Gasteiger partial charge in [0.2, 0.25) is 0 Å². The second-order valence-electron chi connectivity index (χ2n) is 4.74. The Bertz CT molecular complexity index is 719. The molecule has 0 bridgehead atoms. The van der Waals surface area contributed by atoms with Crippen molar-refractivity contribution in [2.45, 2.75) is 25.9 Å². The van der Waals surface area contributed by atoms with Gasteiger partial charge in [-0.25, -0.2) is 4.98 Å². The van der Waals surface area contributed by atoms with Crippen LogP contribution in [0, 0.1) is 0 Å². The summed E-state index contributed by atoms with van der Waals surface area (Å²) in [4.78, 5) is 9.02. The summed E-state index contributed by atoms with van der Waals surface area (Å²) in [5.74, 6) is 0. The van der Waals surface area contributed by atoms with Crippen LogP contribution in [0.2, 0.25) is 0 Å². The molecule has 1 atom stereocenters. The van der Waals surface area contributed by atoms with Gasteiger partial charge in [0.15, 0.2) is 0 Å². The van der Waals surface area contributed by atoms with E-state index in [1.807, 2.05) is 35.0 Å². The van der Waals surface area contributed by atoms with Crippen LogP contribution in [0.4, 0.5) is 0 Å². The Morgan fingerprint density at radius 2 is 2.00 bits per heavy atom. The molecule has 1 aromatic carbocycles. The van der Waals surface area contributed by atoms with E-state index >= 15 is 0 Å². The minimum Gasteiger partial charge on any atom is -0.318 e. The summed E-state index contributed by atoms with van der Waals surface area (Å²) in [5.41, 5.74) is 9.80. The Labute approximate surface area is 117 Å². The van der Waals surface area contributed by atoms with Gasteiger partial charge in [-0.2, -0.15) is 5.10 Å². The molecule has 0 saturated heterocycles. The molecule has 2 heterocycles. The summed E-state index contributed by atoms with van der Waals surface area (Å²) in [6.45, 7) is 2.98. The number of aromatic nitrogens is 4. The fourth-order valence-electron chi connectivity index (χ4n) is 2.28. The summed E-state index contributed by atoms with van der Waals surface area (Å²) >= 11 is 0. The molecule has 0 fully saturated rings. The largest absolute Gasteiger partial charge is 0.318 e. The van der Waals surface area contributed by atoms with Gasteiger partial charge in [0.05, 0.1) is 34.7 Å². The van der Waals surface area contributed by atoms with Crippen molar-refractivity contribution in [3.05, 3.63) is 54.1 Å². The lowest BCUT2D eigenvalue weighted by Crippen LogP contribution is -2.19. The smallest absolute Gasteiger partial charge is 0.0912 e. The average Bonchev–Trinajstić information content (AvgIpc) is 2.94. The van der Waals surface area contributed by atoms with E-state index in [0.717, 1.165) is 35.4 Å². The summed E-state index contributed by atoms with van der Waals surface area (Å²) in [5, 5.41) is 4.30. The molecule has 0 aliphatic rings. The minimum absolute atomic E-state index is 0.304. The van der Waals surface area contributed by atoms with Gasteiger partial charge in [0.1, 0.15) is 0 Å². The summed E-state index contributed by atoms with van der Waals surface area (Å²) in [7, 11) is 0. The monoisotopic (exact) mass is 267 g/mol. The first kappa shape index (κ1) is 12.7. The van der Waals surface area contributed by atoms with Crippen molar-refractivity contribution >= 4 is 11.0 Å². The maximum Gasteiger partial charge on any atom is 0.0912 e. The average molecular weight is 267 g/mol. The SMILES string of the molecule is CCCn1nccc1C(N)c1cnc2ccccc2n1. The van der Waals surface area contributed by atoms with Crippen LogP contribution in [-0.2, 0) is 6.54 Å². The molecule has 5 heteroatoms. The van der Waals surface area contributed by atoms with E-state index in [1.165, 1.54) is 0 Å². The third kappa shape index (κ3) is 2.28. The second kappa shape index (κ2) is 5.38. The van der Waals surface area contributed by atoms with Crippen molar-refractivity contribution in [3.63, 3.8) is 0 Å². The van der Waals surface area contributed by atoms with Crippen LogP contribution < -0.4 is 5.73 Å². The van der Waals surface area contributed by atoms with Crippen LogP contribution in [-0.4, -0.2) is 19.7 Å². The van der Waals surface area contributed by atoms with Gasteiger partial charge in [-0.1, -0.05) is 19.1 Å². The number of nitrogens with zero attached hydrogens (tertiary/aromatic N) is 4. The molecule has 0 saturated carbocycles. The van der Waals surface area contributed by atoms with Crippen LogP contribution in [0.1, 0.15) is 30.8 Å². The molecular weight excluding hydrogens is 250 g/mol. The number of hydrogen-bond acceptors (Lipinski definition) is 4. The lowest BCUT2D eigenvalue weighted by atomic mass is 10.1. The third-order valence-corrected chi connectivity index (χ3v) is 3.29. The second-order valence-corrected chi connectivity index (χ2v) is 4.74. The molecule has 102 valence electrons. The number of benzene rings is 1. The lowest BCUT2D eigenvalue weighted by molar-refractivity contribution is 0.557. The quantitative estimate of drug-likeness (QED) is 0.787. The fourth-order valence-corrected chi connectivity index (χ4v) is 2.28. The van der Waals surface area contributed by atoms with Gasteiger partial charge < -0.3 is 5.73 Å². The third-order valence-electron chi connectivity index (χ3n) is 3.29. The van der Waals surface area contributed by atoms with Crippen LogP contribution in [0.5, 0.6) is 0 Å². The molecule has 2 aromatic heterocycles. The standard InChI is InChI=1S/C15H17N5/c1-2-9-20-14(7-8-18-20)15(16)13-10-17-11-5-3-4-6-12(11)19-13/h3-8,10,15H,2,9,16H2,1H3. The lowest BCUT2D eigenvalue weighted by Gasteiger charge is -2.13. The number of aryl methyl sites for hydroxylation is 1. The van der Waals surface area contributed by atoms with E-state index < -0.39 is 0 Å². The van der Waals surface area contributed by atoms with Crippen LogP contribution in [0.3, 0.4) is 0 Å². The van der Waals surface area contributed by atoms with E-state index in [9.17, 15) is 0 Å². The van der Waals surface area contributed by atoms with Crippen molar-refractivity contribution in [3.8, 4) is 0 Å². The zero-order valence-corrected chi connectivity index (χ0v) is 11.4. The maximum absolute atomic E-state index is 6.32. The number of fused-ring (bicyclic) bond motifs is 1. The van der Waals surface area contributed by atoms with Crippen molar-refractivity contribution in [2.24, 2.45) is 5.73 Å². The highest BCUT2D eigenvalue weighted by molar-refractivity contribution is 5.73. The minimum atomic E-state index is -0.304. The molecule has 0 aliphatic carbocycles. The first-order valence-corrected chi connectivity index (χ1v) is 6.78. The Morgan fingerprint density at radius 3 is 2.80 bits per heavy atom. The maximum atomic E-state index is 6.32. The molecule has 0 aliphatic heterocycles. The zero-order valence-electron chi connectivity index (χ0n) is 11.4. The van der Waals surface area contributed by atoms with E-state index in [4.69, 9.17) is 5.73 Å². The molecule has 0 radical (unpaired) electrons. The van der Waals surface area contributed by atoms with Crippen molar-refractivity contribution in [1.82, 2.24) is 19.7 Å².